The normalized spacial score (nSPS) is 17.4. The Hall–Kier alpha value is -4.09. The van der Waals surface area contributed by atoms with Crippen molar-refractivity contribution in [3.8, 4) is 22.9 Å². The van der Waals surface area contributed by atoms with Gasteiger partial charge in [0.1, 0.15) is 17.9 Å². The third-order valence-electron chi connectivity index (χ3n) is 7.28. The molecule has 8 nitrogen and oxygen atoms in total. The number of hydrogen-bond acceptors (Lipinski definition) is 6. The monoisotopic (exact) mass is 513 g/mol. The molecule has 3 heterocycles. The van der Waals surface area contributed by atoms with Gasteiger partial charge in [0.15, 0.2) is 0 Å². The lowest BCUT2D eigenvalue weighted by molar-refractivity contribution is 0.119. The molecule has 0 bridgehead atoms. The standard InChI is InChI=1S/C28H24ClN5O3/c29-22-8-2-5-17-4-1-6-19(24(17)22)21-14-23-25(26-20(21)7-3-13-37-26)27(32-16-31-23)33-11-12-34(28(35)36)18(15-33)9-10-30/h1-2,4-6,8,14,16,18H,3,7,9,11-13,15H2,(H,35,36)/t18-/m0/s1. The van der Waals surface area contributed by atoms with Gasteiger partial charge >= 0.3 is 6.09 Å². The van der Waals surface area contributed by atoms with Crippen molar-refractivity contribution in [2.24, 2.45) is 0 Å². The molecular formula is C28H24ClN5O3. The van der Waals surface area contributed by atoms with E-state index in [0.29, 0.717) is 37.1 Å². The van der Waals surface area contributed by atoms with Crippen molar-refractivity contribution in [1.29, 1.82) is 5.26 Å². The highest BCUT2D eigenvalue weighted by Crippen LogP contribution is 2.45. The molecule has 4 aromatic rings. The molecule has 2 aliphatic heterocycles. The first-order valence-electron chi connectivity index (χ1n) is 12.3. The third kappa shape index (κ3) is 3.96. The number of amides is 1. The van der Waals surface area contributed by atoms with E-state index in [0.717, 1.165) is 57.0 Å². The van der Waals surface area contributed by atoms with Crippen molar-refractivity contribution in [3.63, 3.8) is 0 Å². The summed E-state index contributed by atoms with van der Waals surface area (Å²) in [5.41, 5.74) is 3.93. The molecule has 1 saturated heterocycles. The number of benzene rings is 3. The second-order valence-electron chi connectivity index (χ2n) is 9.36. The topological polar surface area (TPSA) is 103 Å². The number of ether oxygens (including phenoxy) is 1. The molecule has 1 fully saturated rings. The average molecular weight is 514 g/mol. The Labute approximate surface area is 218 Å². The van der Waals surface area contributed by atoms with Crippen LogP contribution in [-0.4, -0.2) is 58.4 Å². The summed E-state index contributed by atoms with van der Waals surface area (Å²) < 4.78 is 6.31. The molecule has 3 aromatic carbocycles. The number of aromatic nitrogens is 2. The molecule has 1 atom stereocenters. The smallest absolute Gasteiger partial charge is 0.407 e. The number of rotatable bonds is 3. The molecule has 186 valence electrons. The Morgan fingerprint density at radius 1 is 1.16 bits per heavy atom. The molecule has 0 saturated carbocycles. The van der Waals surface area contributed by atoms with Gasteiger partial charge in [0.05, 0.1) is 36.0 Å². The summed E-state index contributed by atoms with van der Waals surface area (Å²) in [7, 11) is 0. The molecular weight excluding hydrogens is 490 g/mol. The largest absolute Gasteiger partial charge is 0.492 e. The summed E-state index contributed by atoms with van der Waals surface area (Å²) in [6, 6.07) is 15.9. The van der Waals surface area contributed by atoms with Crippen molar-refractivity contribution in [2.45, 2.75) is 25.3 Å². The van der Waals surface area contributed by atoms with Crippen molar-refractivity contribution in [3.05, 3.63) is 59.4 Å². The maximum atomic E-state index is 11.7. The maximum absolute atomic E-state index is 11.7. The number of anilines is 1. The molecule has 2 aliphatic rings. The van der Waals surface area contributed by atoms with Crippen LogP contribution in [0.4, 0.5) is 10.6 Å². The van der Waals surface area contributed by atoms with Gasteiger partial charge in [-0.3, -0.25) is 0 Å². The quantitative estimate of drug-likeness (QED) is 0.385. The minimum absolute atomic E-state index is 0.117. The average Bonchev–Trinajstić information content (AvgIpc) is 2.92. The molecule has 0 unspecified atom stereocenters. The Kier molecular flexibility index (Phi) is 5.93. The number of nitrogens with zero attached hydrogens (tertiary/aromatic N) is 5. The van der Waals surface area contributed by atoms with Crippen LogP contribution in [0.2, 0.25) is 5.02 Å². The van der Waals surface area contributed by atoms with Gasteiger partial charge in [0.2, 0.25) is 0 Å². The van der Waals surface area contributed by atoms with E-state index in [1.807, 2.05) is 18.2 Å². The van der Waals surface area contributed by atoms with Gasteiger partial charge in [-0.2, -0.15) is 5.26 Å². The Morgan fingerprint density at radius 2 is 2.00 bits per heavy atom. The van der Waals surface area contributed by atoms with E-state index < -0.39 is 12.1 Å². The lowest BCUT2D eigenvalue weighted by Gasteiger charge is -2.40. The van der Waals surface area contributed by atoms with Gasteiger partial charge < -0.3 is 19.6 Å². The minimum Gasteiger partial charge on any atom is -0.492 e. The fraction of sp³-hybridized carbons (Fsp3) is 0.286. The van der Waals surface area contributed by atoms with Crippen molar-refractivity contribution in [1.82, 2.24) is 14.9 Å². The minimum atomic E-state index is -1.01. The molecule has 1 amide bonds. The molecule has 37 heavy (non-hydrogen) atoms. The van der Waals surface area contributed by atoms with Gasteiger partial charge in [0, 0.05) is 35.6 Å². The predicted molar refractivity (Wildman–Crippen MR) is 142 cm³/mol. The zero-order valence-electron chi connectivity index (χ0n) is 20.0. The molecule has 9 heteroatoms. The van der Waals surface area contributed by atoms with Crippen LogP contribution in [0.25, 0.3) is 32.8 Å². The third-order valence-corrected chi connectivity index (χ3v) is 7.60. The van der Waals surface area contributed by atoms with Crippen LogP contribution in [-0.2, 0) is 6.42 Å². The molecule has 1 aromatic heterocycles. The number of carboxylic acid groups (broad SMARTS) is 1. The Balaban J connectivity index is 1.53. The van der Waals surface area contributed by atoms with Gasteiger partial charge in [0.25, 0.3) is 0 Å². The van der Waals surface area contributed by atoms with Gasteiger partial charge in [-0.05, 0) is 41.5 Å². The van der Waals surface area contributed by atoms with E-state index in [1.54, 1.807) is 0 Å². The SMILES string of the molecule is N#CC[C@H]1CN(c2ncnc3cc(-c4cccc5cccc(Cl)c45)c4c(c23)OCCC4)CCN1C(=O)O. The highest BCUT2D eigenvalue weighted by molar-refractivity contribution is 6.36. The summed E-state index contributed by atoms with van der Waals surface area (Å²) in [5.74, 6) is 1.48. The van der Waals surface area contributed by atoms with Crippen LogP contribution < -0.4 is 9.64 Å². The lowest BCUT2D eigenvalue weighted by atomic mass is 9.89. The van der Waals surface area contributed by atoms with E-state index in [4.69, 9.17) is 16.3 Å². The summed E-state index contributed by atoms with van der Waals surface area (Å²) in [5, 5.41) is 22.5. The summed E-state index contributed by atoms with van der Waals surface area (Å²) >= 11 is 6.68. The molecule has 0 spiro atoms. The molecule has 1 N–H and O–H groups in total. The molecule has 6 rings (SSSR count). The number of halogens is 1. The van der Waals surface area contributed by atoms with E-state index in [-0.39, 0.29) is 6.42 Å². The number of nitriles is 1. The van der Waals surface area contributed by atoms with Gasteiger partial charge in [-0.15, -0.1) is 0 Å². The Morgan fingerprint density at radius 3 is 2.81 bits per heavy atom. The number of hydrogen-bond donors (Lipinski definition) is 1. The first kappa shape index (κ1) is 23.3. The fourth-order valence-corrected chi connectivity index (χ4v) is 5.91. The van der Waals surface area contributed by atoms with Gasteiger partial charge in [-0.1, -0.05) is 41.9 Å². The maximum Gasteiger partial charge on any atom is 0.407 e. The van der Waals surface area contributed by atoms with Crippen molar-refractivity contribution >= 4 is 45.2 Å². The summed E-state index contributed by atoms with van der Waals surface area (Å²) in [6.07, 6.45) is 2.39. The first-order valence-corrected chi connectivity index (χ1v) is 12.7. The zero-order chi connectivity index (χ0) is 25.5. The zero-order valence-corrected chi connectivity index (χ0v) is 20.8. The van der Waals surface area contributed by atoms with E-state index >= 15 is 0 Å². The first-order chi connectivity index (χ1) is 18.1. The highest BCUT2D eigenvalue weighted by atomic mass is 35.5. The van der Waals surface area contributed by atoms with E-state index in [9.17, 15) is 15.2 Å². The van der Waals surface area contributed by atoms with E-state index in [1.165, 1.54) is 11.2 Å². The number of piperazine rings is 1. The summed E-state index contributed by atoms with van der Waals surface area (Å²) in [4.78, 5) is 24.4. The molecule has 0 aliphatic carbocycles. The van der Waals surface area contributed by atoms with Crippen LogP contribution in [0.1, 0.15) is 18.4 Å². The van der Waals surface area contributed by atoms with Crippen molar-refractivity contribution in [2.75, 3.05) is 31.1 Å². The Bertz CT molecular complexity index is 1580. The van der Waals surface area contributed by atoms with Crippen LogP contribution >= 0.6 is 11.6 Å². The second kappa shape index (κ2) is 9.41. The second-order valence-corrected chi connectivity index (χ2v) is 9.76. The molecule has 0 radical (unpaired) electrons. The van der Waals surface area contributed by atoms with Crippen LogP contribution in [0.3, 0.4) is 0 Å². The van der Waals surface area contributed by atoms with Crippen LogP contribution in [0, 0.1) is 11.3 Å². The summed E-state index contributed by atoms with van der Waals surface area (Å²) in [6.45, 7) is 1.74. The number of carbonyl (C=O) groups is 1. The predicted octanol–water partition coefficient (Wildman–Crippen LogP) is 5.51. The highest BCUT2D eigenvalue weighted by Gasteiger charge is 2.33. The van der Waals surface area contributed by atoms with Crippen LogP contribution in [0.5, 0.6) is 5.75 Å². The fourth-order valence-electron chi connectivity index (χ4n) is 5.62. The van der Waals surface area contributed by atoms with E-state index in [2.05, 4.69) is 45.2 Å². The van der Waals surface area contributed by atoms with Crippen LogP contribution in [0.15, 0.2) is 48.8 Å². The van der Waals surface area contributed by atoms with Gasteiger partial charge in [-0.25, -0.2) is 14.8 Å². The van der Waals surface area contributed by atoms with Crippen molar-refractivity contribution < 1.29 is 14.6 Å². The number of fused-ring (bicyclic) bond motifs is 4. The lowest BCUT2D eigenvalue weighted by Crippen LogP contribution is -2.55.